The van der Waals surface area contributed by atoms with Gasteiger partial charge in [-0.3, -0.25) is 29.0 Å². The van der Waals surface area contributed by atoms with Crippen molar-refractivity contribution < 1.29 is 47.8 Å². The minimum atomic E-state index is -1.81. The van der Waals surface area contributed by atoms with Gasteiger partial charge in [0.15, 0.2) is 23.9 Å². The van der Waals surface area contributed by atoms with Gasteiger partial charge in [-0.2, -0.15) is 14.2 Å². The molecule has 2 atom stereocenters. The summed E-state index contributed by atoms with van der Waals surface area (Å²) in [6.45, 7) is 17.5. The van der Waals surface area contributed by atoms with E-state index in [4.69, 9.17) is 10.2 Å². The summed E-state index contributed by atoms with van der Waals surface area (Å²) in [6.07, 6.45) is 3.50. The van der Waals surface area contributed by atoms with Gasteiger partial charge in [0.25, 0.3) is 11.8 Å². The zero-order valence-corrected chi connectivity index (χ0v) is 45.1. The SMILES string of the molecule is CC(C)C(C=O)N(C)C(=O)C1(F)CCN(C)CC1.CC(C)C(C=O)N(C)C(=O)C1(F)CCN(C)CC1.CN(C)C(C)(C)C#CC=O.CN(C)C(C)(C)C#CC=O.C[O-].C[O-].[Ba+2]. The Labute approximate surface area is 407 Å². The van der Waals surface area contributed by atoms with Gasteiger partial charge in [-0.25, -0.2) is 8.78 Å². The molecule has 61 heavy (non-hydrogen) atoms. The van der Waals surface area contributed by atoms with Gasteiger partial charge in [-0.15, -0.1) is 0 Å². The fraction of sp³-hybridized carbons (Fsp3) is 0.773. The molecule has 0 aliphatic carbocycles. The number of likely N-dealkylation sites (tertiary alicyclic amines) is 2. The predicted molar refractivity (Wildman–Crippen MR) is 237 cm³/mol. The van der Waals surface area contributed by atoms with Crippen LogP contribution in [-0.4, -0.2) is 247 Å². The number of aldehydes is 4. The minimum absolute atomic E-state index is 0. The van der Waals surface area contributed by atoms with Gasteiger partial charge >= 0.3 is 48.9 Å². The normalized spacial score (nSPS) is 16.4. The first-order valence-corrected chi connectivity index (χ1v) is 19.9. The van der Waals surface area contributed by atoms with E-state index in [1.807, 2.05) is 117 Å². The molecule has 2 rings (SSSR count). The first-order valence-electron chi connectivity index (χ1n) is 19.9. The van der Waals surface area contributed by atoms with Gasteiger partial charge in [-0.05, 0) is 93.7 Å². The molecule has 0 spiro atoms. The molecule has 0 aromatic rings. The van der Waals surface area contributed by atoms with E-state index in [0.717, 1.165) is 26.8 Å². The average molecular weight is 994 g/mol. The van der Waals surface area contributed by atoms with Crippen LogP contribution in [0.4, 0.5) is 8.78 Å². The van der Waals surface area contributed by atoms with Crippen molar-refractivity contribution in [1.82, 2.24) is 29.4 Å². The molecule has 0 saturated carbocycles. The summed E-state index contributed by atoms with van der Waals surface area (Å²) in [5.74, 6) is 9.30. The van der Waals surface area contributed by atoms with Crippen LogP contribution >= 0.6 is 0 Å². The Morgan fingerprint density at radius 2 is 0.820 bits per heavy atom. The number of rotatable bonds is 10. The standard InChI is InChI=1S/2C13H23FN2O2.2C8H13NO.2CH3O.Ba/c2*1-10(2)11(9-17)16(4)12(18)13(14)5-7-15(3)8-6-13;2*1-8(2,9(3)4)6-5-7-10;2*1-2;/h2*9-11H,5-8H2,1-4H3;2*7H,1-4H3;2*1H3;/q;;;;2*-1;+2. The first-order chi connectivity index (χ1) is 27.6. The molecule has 0 radical (unpaired) electrons. The van der Waals surface area contributed by atoms with Crippen molar-refractivity contribution >= 4 is 85.8 Å². The number of hydrogen-bond donors (Lipinski definition) is 0. The first kappa shape index (κ1) is 68.0. The van der Waals surface area contributed by atoms with Gasteiger partial charge in [-0.1, -0.05) is 39.5 Å². The topological polar surface area (TPSA) is 168 Å². The minimum Gasteiger partial charge on any atom is -0.857 e. The second-order valence-electron chi connectivity index (χ2n) is 16.8. The molecule has 0 aromatic heterocycles. The second kappa shape index (κ2) is 34.4. The van der Waals surface area contributed by atoms with E-state index in [2.05, 4.69) is 23.7 Å². The van der Waals surface area contributed by atoms with E-state index in [9.17, 15) is 37.5 Å². The van der Waals surface area contributed by atoms with Crippen molar-refractivity contribution in [2.75, 3.05) is 96.8 Å². The smallest absolute Gasteiger partial charge is 0.857 e. The van der Waals surface area contributed by atoms with Gasteiger partial charge < -0.3 is 39.4 Å². The van der Waals surface area contributed by atoms with Crippen molar-refractivity contribution in [3.05, 3.63) is 0 Å². The third-order valence-electron chi connectivity index (χ3n) is 10.6. The van der Waals surface area contributed by atoms with Gasteiger partial charge in [0, 0.05) is 66.0 Å². The molecular formula is C44H78BaF2N6O8. The van der Waals surface area contributed by atoms with Gasteiger partial charge in [0.2, 0.25) is 0 Å². The van der Waals surface area contributed by atoms with E-state index >= 15 is 0 Å². The fourth-order valence-electron chi connectivity index (χ4n) is 5.30. The van der Waals surface area contributed by atoms with Crippen molar-refractivity contribution in [2.45, 2.75) is 116 Å². The number of alkyl halides is 2. The molecule has 2 heterocycles. The van der Waals surface area contributed by atoms with Crippen LogP contribution in [0.3, 0.4) is 0 Å². The molecule has 0 N–H and O–H groups in total. The monoisotopic (exact) mass is 994 g/mol. The summed E-state index contributed by atoms with van der Waals surface area (Å²) < 4.78 is 29.2. The molecule has 0 aromatic carbocycles. The van der Waals surface area contributed by atoms with Gasteiger partial charge in [0.05, 0.1) is 23.2 Å². The van der Waals surface area contributed by atoms with Crippen LogP contribution in [0.25, 0.3) is 0 Å². The Morgan fingerprint density at radius 1 is 0.590 bits per heavy atom. The summed E-state index contributed by atoms with van der Waals surface area (Å²) in [5.41, 5.74) is -4.03. The molecule has 2 aliphatic rings. The van der Waals surface area contributed by atoms with E-state index in [0.29, 0.717) is 38.8 Å². The zero-order chi connectivity index (χ0) is 48.2. The summed E-state index contributed by atoms with van der Waals surface area (Å²) in [4.78, 5) is 76.7. The largest absolute Gasteiger partial charge is 2.00 e. The Morgan fingerprint density at radius 3 is 0.984 bits per heavy atom. The van der Waals surface area contributed by atoms with Crippen molar-refractivity contribution in [3.8, 4) is 23.7 Å². The predicted octanol–water partition coefficient (Wildman–Crippen LogP) is 0.834. The zero-order valence-electron chi connectivity index (χ0n) is 40.7. The van der Waals surface area contributed by atoms with Crippen molar-refractivity contribution in [2.24, 2.45) is 11.8 Å². The third kappa shape index (κ3) is 25.7. The summed E-state index contributed by atoms with van der Waals surface area (Å²) in [5, 5.41) is 16.5. The molecule has 2 saturated heterocycles. The van der Waals surface area contributed by atoms with Crippen LogP contribution in [0.1, 0.15) is 81.1 Å². The molecule has 2 amide bonds. The number of amides is 2. The van der Waals surface area contributed by atoms with Crippen LogP contribution in [0.5, 0.6) is 0 Å². The van der Waals surface area contributed by atoms with Crippen LogP contribution in [-0.2, 0) is 28.8 Å². The molecule has 0 bridgehead atoms. The molecule has 2 aliphatic heterocycles. The Balaban J connectivity index is -0.000000228. The average Bonchev–Trinajstić information content (AvgIpc) is 3.20. The number of halogens is 2. The van der Waals surface area contributed by atoms with E-state index in [1.54, 1.807) is 0 Å². The van der Waals surface area contributed by atoms with Crippen LogP contribution in [0, 0.1) is 35.5 Å². The maximum absolute atomic E-state index is 14.6. The van der Waals surface area contributed by atoms with E-state index in [-0.39, 0.29) is 97.5 Å². The number of piperidine rings is 2. The Kier molecular flexibility index (Phi) is 38.3. The third-order valence-corrected chi connectivity index (χ3v) is 10.6. The fourth-order valence-corrected chi connectivity index (χ4v) is 5.30. The number of nitrogens with zero attached hydrogens (tertiary/aromatic N) is 6. The molecule has 2 unspecified atom stereocenters. The van der Waals surface area contributed by atoms with Crippen LogP contribution < -0.4 is 10.2 Å². The molecule has 17 heteroatoms. The number of carbonyl (C=O) groups is 6. The Hall–Kier alpha value is -2.07. The van der Waals surface area contributed by atoms with E-state index < -0.39 is 35.2 Å². The molecular weight excluding hydrogens is 916 g/mol. The molecule has 2 fully saturated rings. The maximum atomic E-state index is 14.6. The summed E-state index contributed by atoms with van der Waals surface area (Å²) >= 11 is 0. The summed E-state index contributed by atoms with van der Waals surface area (Å²) in [6, 6.07) is -1.10. The number of likely N-dealkylation sites (N-methyl/N-ethyl adjacent to an activating group) is 2. The van der Waals surface area contributed by atoms with Crippen molar-refractivity contribution in [1.29, 1.82) is 0 Å². The van der Waals surface area contributed by atoms with Crippen molar-refractivity contribution in [3.63, 3.8) is 0 Å². The quantitative estimate of drug-likeness (QED) is 0.172. The second-order valence-corrected chi connectivity index (χ2v) is 16.8. The van der Waals surface area contributed by atoms with Crippen LogP contribution in [0.15, 0.2) is 0 Å². The molecule has 348 valence electrons. The van der Waals surface area contributed by atoms with Crippen LogP contribution in [0.2, 0.25) is 0 Å². The maximum Gasteiger partial charge on any atom is 2.00 e. The Bertz CT molecular complexity index is 1290. The van der Waals surface area contributed by atoms with E-state index in [1.165, 1.54) is 23.9 Å². The number of carbonyl (C=O) groups excluding carboxylic acids is 6. The summed E-state index contributed by atoms with van der Waals surface area (Å²) in [7, 11) is 16.1. The number of hydrogen-bond acceptors (Lipinski definition) is 12. The van der Waals surface area contributed by atoms with Gasteiger partial charge in [0.1, 0.15) is 12.6 Å². The molecule has 14 nitrogen and oxygen atoms in total.